The van der Waals surface area contributed by atoms with Crippen LogP contribution in [0.4, 0.5) is 0 Å². The first-order chi connectivity index (χ1) is 8.91. The van der Waals surface area contributed by atoms with Crippen molar-refractivity contribution < 1.29 is 4.74 Å². The molecule has 0 amide bonds. The number of ether oxygens (including phenoxy) is 1. The maximum absolute atomic E-state index is 7.61. The number of nitrogens with zero attached hydrogens (tertiary/aromatic N) is 1. The van der Waals surface area contributed by atoms with E-state index in [1.54, 1.807) is 7.11 Å². The van der Waals surface area contributed by atoms with Crippen LogP contribution in [0.1, 0.15) is 31.4 Å². The predicted octanol–water partition coefficient (Wildman–Crippen LogP) is 2.21. The van der Waals surface area contributed by atoms with Crippen molar-refractivity contribution >= 4 is 5.84 Å². The summed E-state index contributed by atoms with van der Waals surface area (Å²) in [5.74, 6) is 0.721. The Balaban J connectivity index is 2.13. The van der Waals surface area contributed by atoms with E-state index in [1.165, 1.54) is 12.0 Å². The van der Waals surface area contributed by atoms with Crippen LogP contribution >= 0.6 is 0 Å². The van der Waals surface area contributed by atoms with Gasteiger partial charge in [0.1, 0.15) is 11.6 Å². The Labute approximate surface area is 115 Å². The quantitative estimate of drug-likeness (QED) is 0.645. The van der Waals surface area contributed by atoms with E-state index in [0.29, 0.717) is 16.7 Å². The highest BCUT2D eigenvalue weighted by atomic mass is 16.5. The van der Waals surface area contributed by atoms with Gasteiger partial charge in [0.15, 0.2) is 0 Å². The van der Waals surface area contributed by atoms with Crippen LogP contribution in [0.15, 0.2) is 18.2 Å². The molecule has 1 heterocycles. The van der Waals surface area contributed by atoms with Gasteiger partial charge >= 0.3 is 0 Å². The Hall–Kier alpha value is -1.55. The molecule has 1 aromatic carbocycles. The van der Waals surface area contributed by atoms with Gasteiger partial charge in [0, 0.05) is 13.1 Å². The van der Waals surface area contributed by atoms with Crippen molar-refractivity contribution in [1.29, 1.82) is 5.41 Å². The second kappa shape index (κ2) is 5.21. The normalized spacial score (nSPS) is 18.5. The Morgan fingerprint density at radius 3 is 2.74 bits per heavy atom. The minimum atomic E-state index is 0.0560. The summed E-state index contributed by atoms with van der Waals surface area (Å²) >= 11 is 0. The average Bonchev–Trinajstić information content (AvgIpc) is 2.68. The summed E-state index contributed by atoms with van der Waals surface area (Å²) in [6.07, 6.45) is 1.24. The highest BCUT2D eigenvalue weighted by Crippen LogP contribution is 2.30. The van der Waals surface area contributed by atoms with E-state index in [9.17, 15) is 0 Å². The molecule has 1 saturated heterocycles. The van der Waals surface area contributed by atoms with Crippen LogP contribution in [0.25, 0.3) is 0 Å². The van der Waals surface area contributed by atoms with Gasteiger partial charge in [-0.25, -0.2) is 0 Å². The predicted molar refractivity (Wildman–Crippen MR) is 77.7 cm³/mol. The molecule has 0 spiro atoms. The van der Waals surface area contributed by atoms with Crippen LogP contribution in [0.2, 0.25) is 0 Å². The fraction of sp³-hybridized carbons (Fsp3) is 0.533. The SMILES string of the molecule is COc1ccc(CN2CCC(C)(C)C2)cc1C(=N)N. The van der Waals surface area contributed by atoms with Crippen molar-refractivity contribution in [2.45, 2.75) is 26.8 Å². The lowest BCUT2D eigenvalue weighted by Crippen LogP contribution is -2.23. The Morgan fingerprint density at radius 2 is 2.21 bits per heavy atom. The highest BCUT2D eigenvalue weighted by molar-refractivity contribution is 5.97. The van der Waals surface area contributed by atoms with Gasteiger partial charge < -0.3 is 10.5 Å². The number of nitrogens with two attached hydrogens (primary N) is 1. The minimum Gasteiger partial charge on any atom is -0.496 e. The Morgan fingerprint density at radius 1 is 1.47 bits per heavy atom. The summed E-state index contributed by atoms with van der Waals surface area (Å²) in [7, 11) is 1.60. The molecule has 0 radical (unpaired) electrons. The van der Waals surface area contributed by atoms with Crippen LogP contribution in [0, 0.1) is 10.8 Å². The number of nitrogen functional groups attached to an aromatic ring is 1. The van der Waals surface area contributed by atoms with E-state index < -0.39 is 0 Å². The number of amidine groups is 1. The van der Waals surface area contributed by atoms with Gasteiger partial charge in [0.25, 0.3) is 0 Å². The molecule has 3 N–H and O–H groups in total. The number of nitrogens with one attached hydrogen (secondary N) is 1. The number of methoxy groups -OCH3 is 1. The lowest BCUT2D eigenvalue weighted by Gasteiger charge is -2.20. The van der Waals surface area contributed by atoms with Crippen LogP contribution in [0.5, 0.6) is 5.75 Å². The molecule has 1 aliphatic heterocycles. The van der Waals surface area contributed by atoms with E-state index in [-0.39, 0.29) is 5.84 Å². The zero-order valence-corrected chi connectivity index (χ0v) is 12.0. The molecular weight excluding hydrogens is 238 g/mol. The minimum absolute atomic E-state index is 0.0560. The molecular formula is C15H23N3O. The van der Waals surface area contributed by atoms with E-state index in [2.05, 4.69) is 24.8 Å². The van der Waals surface area contributed by atoms with Crippen molar-refractivity contribution in [2.24, 2.45) is 11.1 Å². The largest absolute Gasteiger partial charge is 0.496 e. The van der Waals surface area contributed by atoms with E-state index in [0.717, 1.165) is 19.6 Å². The van der Waals surface area contributed by atoms with Crippen LogP contribution in [0.3, 0.4) is 0 Å². The Kier molecular flexibility index (Phi) is 3.80. The number of likely N-dealkylation sites (tertiary alicyclic amines) is 1. The van der Waals surface area contributed by atoms with Crippen molar-refractivity contribution in [1.82, 2.24) is 4.90 Å². The second-order valence-electron chi connectivity index (χ2n) is 6.07. The third kappa shape index (κ3) is 3.26. The van der Waals surface area contributed by atoms with Gasteiger partial charge in [-0.2, -0.15) is 0 Å². The lowest BCUT2D eigenvalue weighted by molar-refractivity contribution is 0.284. The molecule has 1 fully saturated rings. The van der Waals surface area contributed by atoms with Gasteiger partial charge in [0.2, 0.25) is 0 Å². The van der Waals surface area contributed by atoms with Crippen LogP contribution in [-0.4, -0.2) is 30.9 Å². The van der Waals surface area contributed by atoms with Crippen molar-refractivity contribution in [3.05, 3.63) is 29.3 Å². The molecule has 1 aromatic rings. The van der Waals surface area contributed by atoms with Gasteiger partial charge in [-0.15, -0.1) is 0 Å². The number of rotatable bonds is 4. The highest BCUT2D eigenvalue weighted by Gasteiger charge is 2.28. The molecule has 0 bridgehead atoms. The maximum atomic E-state index is 7.61. The molecule has 1 aliphatic rings. The molecule has 104 valence electrons. The fourth-order valence-corrected chi connectivity index (χ4v) is 2.68. The summed E-state index contributed by atoms with van der Waals surface area (Å²) in [6.45, 7) is 7.78. The summed E-state index contributed by atoms with van der Waals surface area (Å²) < 4.78 is 5.23. The first-order valence-corrected chi connectivity index (χ1v) is 6.65. The van der Waals surface area contributed by atoms with E-state index >= 15 is 0 Å². The summed E-state index contributed by atoms with van der Waals surface area (Å²) in [5.41, 5.74) is 7.88. The molecule has 0 unspecified atom stereocenters. The van der Waals surface area contributed by atoms with Crippen LogP contribution < -0.4 is 10.5 Å². The van der Waals surface area contributed by atoms with Crippen LogP contribution in [-0.2, 0) is 6.54 Å². The molecule has 19 heavy (non-hydrogen) atoms. The van der Waals surface area contributed by atoms with Gasteiger partial charge in [-0.1, -0.05) is 19.9 Å². The first kappa shape index (κ1) is 13.9. The molecule has 0 saturated carbocycles. The van der Waals surface area contributed by atoms with Crippen molar-refractivity contribution in [3.8, 4) is 5.75 Å². The van der Waals surface area contributed by atoms with Gasteiger partial charge in [0.05, 0.1) is 12.7 Å². The standard InChI is InChI=1S/C15H23N3O/c1-15(2)6-7-18(10-15)9-11-4-5-13(19-3)12(8-11)14(16)17/h4-5,8H,6-7,9-10H2,1-3H3,(H3,16,17). The third-order valence-electron chi connectivity index (χ3n) is 3.72. The van der Waals surface area contributed by atoms with E-state index in [4.69, 9.17) is 15.9 Å². The third-order valence-corrected chi connectivity index (χ3v) is 3.72. The first-order valence-electron chi connectivity index (χ1n) is 6.65. The average molecular weight is 261 g/mol. The molecule has 2 rings (SSSR count). The molecule has 0 atom stereocenters. The summed E-state index contributed by atoms with van der Waals surface area (Å²) in [6, 6.07) is 5.91. The topological polar surface area (TPSA) is 62.3 Å². The fourth-order valence-electron chi connectivity index (χ4n) is 2.68. The van der Waals surface area contributed by atoms with Crippen molar-refractivity contribution in [2.75, 3.05) is 20.2 Å². The smallest absolute Gasteiger partial charge is 0.129 e. The Bertz CT molecular complexity index is 482. The van der Waals surface area contributed by atoms with Gasteiger partial charge in [-0.3, -0.25) is 10.3 Å². The number of hydrogen-bond donors (Lipinski definition) is 2. The molecule has 0 aliphatic carbocycles. The number of hydrogen-bond acceptors (Lipinski definition) is 3. The zero-order valence-electron chi connectivity index (χ0n) is 12.0. The summed E-state index contributed by atoms with van der Waals surface area (Å²) in [4.78, 5) is 2.45. The number of benzene rings is 1. The zero-order chi connectivity index (χ0) is 14.0. The van der Waals surface area contributed by atoms with E-state index in [1.807, 2.05) is 12.1 Å². The lowest BCUT2D eigenvalue weighted by atomic mass is 9.93. The molecule has 4 nitrogen and oxygen atoms in total. The maximum Gasteiger partial charge on any atom is 0.129 e. The van der Waals surface area contributed by atoms with Gasteiger partial charge in [-0.05, 0) is 36.1 Å². The van der Waals surface area contributed by atoms with Crippen molar-refractivity contribution in [3.63, 3.8) is 0 Å². The second-order valence-corrected chi connectivity index (χ2v) is 6.07. The molecule has 0 aromatic heterocycles. The monoisotopic (exact) mass is 261 g/mol. The molecule has 4 heteroatoms. The summed E-state index contributed by atoms with van der Waals surface area (Å²) in [5, 5.41) is 7.61.